The van der Waals surface area contributed by atoms with Crippen LogP contribution in [0.5, 0.6) is 0 Å². The molecule has 0 spiro atoms. The van der Waals surface area contributed by atoms with Crippen LogP contribution < -0.4 is 5.32 Å². The quantitative estimate of drug-likeness (QED) is 0.706. The normalized spacial score (nSPS) is 13.4. The molecule has 1 atom stereocenters. The van der Waals surface area contributed by atoms with Crippen LogP contribution in [-0.2, 0) is 16.5 Å². The van der Waals surface area contributed by atoms with Crippen molar-refractivity contribution in [3.63, 3.8) is 0 Å². The molecule has 1 N–H and O–H groups in total. The van der Waals surface area contributed by atoms with Crippen molar-refractivity contribution in [1.29, 1.82) is 0 Å². The van der Waals surface area contributed by atoms with E-state index in [0.717, 1.165) is 12.1 Å². The number of nitrogens with one attached hydrogen (secondary N) is 1. The molecule has 5 nitrogen and oxygen atoms in total. The van der Waals surface area contributed by atoms with Crippen LogP contribution in [0.2, 0.25) is 0 Å². The molecule has 0 bridgehead atoms. The molecule has 1 rings (SSSR count). The first-order valence-electron chi connectivity index (χ1n) is 5.00. The summed E-state index contributed by atoms with van der Waals surface area (Å²) in [6.45, 7) is 2.90. The predicted octanol–water partition coefficient (Wildman–Crippen LogP) is 0.690. The number of likely N-dealkylation sites (N-methyl/N-ethyl adjacent to an activating group) is 1. The molecule has 1 aromatic heterocycles. The van der Waals surface area contributed by atoms with Gasteiger partial charge in [0, 0.05) is 33.0 Å². The third-order valence-corrected chi connectivity index (χ3v) is 2.24. The summed E-state index contributed by atoms with van der Waals surface area (Å²) in [6.07, 6.45) is 3.48. The summed E-state index contributed by atoms with van der Waals surface area (Å²) >= 11 is 0. The van der Waals surface area contributed by atoms with Gasteiger partial charge < -0.3 is 14.8 Å². The van der Waals surface area contributed by atoms with Gasteiger partial charge in [0.05, 0.1) is 12.2 Å². The Balaban J connectivity index is 2.81. The zero-order chi connectivity index (χ0) is 11.3. The molecule has 0 aliphatic carbocycles. The smallest absolute Gasteiger partial charge is 0.176 e. The zero-order valence-electron chi connectivity index (χ0n) is 9.73. The average molecular weight is 213 g/mol. The molecule has 0 saturated heterocycles. The van der Waals surface area contributed by atoms with Crippen LogP contribution >= 0.6 is 0 Å². The van der Waals surface area contributed by atoms with Gasteiger partial charge in [0.2, 0.25) is 0 Å². The fourth-order valence-corrected chi connectivity index (χ4v) is 1.56. The van der Waals surface area contributed by atoms with Crippen molar-refractivity contribution < 1.29 is 9.47 Å². The summed E-state index contributed by atoms with van der Waals surface area (Å²) in [5.74, 6) is 0. The lowest BCUT2D eigenvalue weighted by molar-refractivity contribution is -0.123. The molecule has 1 aromatic rings. The third kappa shape index (κ3) is 3.02. The summed E-state index contributed by atoms with van der Waals surface area (Å²) in [5.41, 5.74) is 1.06. The Morgan fingerprint density at radius 1 is 1.47 bits per heavy atom. The molecule has 15 heavy (non-hydrogen) atoms. The topological polar surface area (TPSA) is 48.3 Å². The van der Waals surface area contributed by atoms with Gasteiger partial charge in [-0.15, -0.1) is 0 Å². The van der Waals surface area contributed by atoms with E-state index < -0.39 is 0 Å². The molecule has 0 aromatic carbocycles. The number of aryl methyl sites for hydroxylation is 1. The van der Waals surface area contributed by atoms with E-state index in [9.17, 15) is 0 Å². The van der Waals surface area contributed by atoms with E-state index in [1.807, 2.05) is 26.4 Å². The van der Waals surface area contributed by atoms with Crippen LogP contribution in [0.4, 0.5) is 0 Å². The second-order valence-corrected chi connectivity index (χ2v) is 3.32. The van der Waals surface area contributed by atoms with Gasteiger partial charge in [0.1, 0.15) is 0 Å². The standard InChI is InChI=1S/C10H19N3O2/c1-5-11-9(10(14-3)15-4)8-6-12-13(2)7-8/h6-7,9-11H,5H2,1-4H3. The summed E-state index contributed by atoms with van der Waals surface area (Å²) in [4.78, 5) is 0. The maximum Gasteiger partial charge on any atom is 0.176 e. The van der Waals surface area contributed by atoms with Crippen LogP contribution in [-0.4, -0.2) is 36.8 Å². The number of methoxy groups -OCH3 is 2. The number of aromatic nitrogens is 2. The first kappa shape index (κ1) is 12.2. The molecule has 0 aliphatic heterocycles. The number of hydrogen-bond acceptors (Lipinski definition) is 4. The van der Waals surface area contributed by atoms with Gasteiger partial charge in [-0.3, -0.25) is 4.68 Å². The molecule has 0 fully saturated rings. The summed E-state index contributed by atoms with van der Waals surface area (Å²) in [5, 5.41) is 7.45. The van der Waals surface area contributed by atoms with Crippen LogP contribution in [0, 0.1) is 0 Å². The third-order valence-electron chi connectivity index (χ3n) is 2.24. The molecular formula is C10H19N3O2. The van der Waals surface area contributed by atoms with Crippen molar-refractivity contribution in [2.45, 2.75) is 19.3 Å². The number of hydrogen-bond donors (Lipinski definition) is 1. The van der Waals surface area contributed by atoms with Gasteiger partial charge in [-0.1, -0.05) is 6.92 Å². The van der Waals surface area contributed by atoms with E-state index in [1.165, 1.54) is 0 Å². The average Bonchev–Trinajstić information content (AvgIpc) is 2.65. The summed E-state index contributed by atoms with van der Waals surface area (Å²) in [7, 11) is 5.16. The molecule has 1 unspecified atom stereocenters. The Morgan fingerprint density at radius 3 is 2.53 bits per heavy atom. The van der Waals surface area contributed by atoms with Gasteiger partial charge >= 0.3 is 0 Å². The molecule has 0 amide bonds. The minimum Gasteiger partial charge on any atom is -0.354 e. The number of rotatable bonds is 6. The highest BCUT2D eigenvalue weighted by Crippen LogP contribution is 2.18. The molecule has 0 aliphatic rings. The molecule has 0 radical (unpaired) electrons. The highest BCUT2D eigenvalue weighted by Gasteiger charge is 2.22. The van der Waals surface area contributed by atoms with Crippen molar-refractivity contribution in [2.24, 2.45) is 7.05 Å². The largest absolute Gasteiger partial charge is 0.354 e. The molecule has 5 heteroatoms. The summed E-state index contributed by atoms with van der Waals surface area (Å²) < 4.78 is 12.3. The van der Waals surface area contributed by atoms with E-state index in [1.54, 1.807) is 18.9 Å². The van der Waals surface area contributed by atoms with Crippen molar-refractivity contribution >= 4 is 0 Å². The van der Waals surface area contributed by atoms with Crippen LogP contribution in [0.15, 0.2) is 12.4 Å². The van der Waals surface area contributed by atoms with Gasteiger partial charge in [-0.25, -0.2) is 0 Å². The van der Waals surface area contributed by atoms with Gasteiger partial charge in [-0.2, -0.15) is 5.10 Å². The second-order valence-electron chi connectivity index (χ2n) is 3.32. The fourth-order valence-electron chi connectivity index (χ4n) is 1.56. The van der Waals surface area contributed by atoms with E-state index in [4.69, 9.17) is 9.47 Å². The first-order chi connectivity index (χ1) is 7.22. The molecule has 86 valence electrons. The van der Waals surface area contributed by atoms with Crippen molar-refractivity contribution in [1.82, 2.24) is 15.1 Å². The lowest BCUT2D eigenvalue weighted by Gasteiger charge is -2.24. The monoisotopic (exact) mass is 213 g/mol. The maximum atomic E-state index is 5.26. The Morgan fingerprint density at radius 2 is 2.13 bits per heavy atom. The minimum absolute atomic E-state index is 0.0127. The Bertz CT molecular complexity index is 284. The summed E-state index contributed by atoms with van der Waals surface area (Å²) in [6, 6.07) is 0.0127. The zero-order valence-corrected chi connectivity index (χ0v) is 9.73. The van der Waals surface area contributed by atoms with Crippen LogP contribution in [0.3, 0.4) is 0 Å². The van der Waals surface area contributed by atoms with Gasteiger partial charge in [0.15, 0.2) is 6.29 Å². The predicted molar refractivity (Wildman–Crippen MR) is 57.4 cm³/mol. The number of nitrogens with zero attached hydrogens (tertiary/aromatic N) is 2. The Kier molecular flexibility index (Phi) is 4.74. The van der Waals surface area contributed by atoms with E-state index >= 15 is 0 Å². The van der Waals surface area contributed by atoms with Crippen molar-refractivity contribution in [2.75, 3.05) is 20.8 Å². The van der Waals surface area contributed by atoms with E-state index in [0.29, 0.717) is 0 Å². The van der Waals surface area contributed by atoms with Crippen molar-refractivity contribution in [3.8, 4) is 0 Å². The van der Waals surface area contributed by atoms with Gasteiger partial charge in [0.25, 0.3) is 0 Å². The molecule has 1 heterocycles. The minimum atomic E-state index is -0.297. The lowest BCUT2D eigenvalue weighted by Crippen LogP contribution is -2.34. The molecule has 0 saturated carbocycles. The van der Waals surface area contributed by atoms with E-state index in [-0.39, 0.29) is 12.3 Å². The second kappa shape index (κ2) is 5.85. The SMILES string of the molecule is CCNC(c1cnn(C)c1)C(OC)OC. The number of ether oxygens (including phenoxy) is 2. The Hall–Kier alpha value is -0.910. The van der Waals surface area contributed by atoms with Crippen molar-refractivity contribution in [3.05, 3.63) is 18.0 Å². The van der Waals surface area contributed by atoms with Crippen LogP contribution in [0.1, 0.15) is 18.5 Å². The molecular weight excluding hydrogens is 194 g/mol. The fraction of sp³-hybridized carbons (Fsp3) is 0.700. The Labute approximate surface area is 90.4 Å². The van der Waals surface area contributed by atoms with E-state index in [2.05, 4.69) is 10.4 Å². The van der Waals surface area contributed by atoms with Gasteiger partial charge in [-0.05, 0) is 6.54 Å². The highest BCUT2D eigenvalue weighted by atomic mass is 16.7. The van der Waals surface area contributed by atoms with Crippen LogP contribution in [0.25, 0.3) is 0 Å². The highest BCUT2D eigenvalue weighted by molar-refractivity contribution is 5.11. The lowest BCUT2D eigenvalue weighted by atomic mass is 10.1. The maximum absolute atomic E-state index is 5.26. The first-order valence-corrected chi connectivity index (χ1v) is 5.00.